The van der Waals surface area contributed by atoms with Gasteiger partial charge in [0.05, 0.1) is 5.60 Å². The van der Waals surface area contributed by atoms with E-state index in [2.05, 4.69) is 21.2 Å². The smallest absolute Gasteiger partial charge is 0.0741 e. The Kier molecular flexibility index (Phi) is 5.25. The molecule has 0 aromatic heterocycles. The van der Waals surface area contributed by atoms with Crippen molar-refractivity contribution in [2.75, 3.05) is 6.54 Å². The van der Waals surface area contributed by atoms with E-state index in [0.29, 0.717) is 13.1 Å². The fourth-order valence-electron chi connectivity index (χ4n) is 1.26. The fourth-order valence-corrected chi connectivity index (χ4v) is 2.00. The van der Waals surface area contributed by atoms with Gasteiger partial charge in [0.1, 0.15) is 0 Å². The van der Waals surface area contributed by atoms with Crippen LogP contribution in [0.15, 0.2) is 22.7 Å². The Bertz CT molecular complexity index is 355. The molecule has 1 rings (SSSR count). The zero-order valence-electron chi connectivity index (χ0n) is 9.56. The highest BCUT2D eigenvalue weighted by Crippen LogP contribution is 2.21. The molecule has 0 radical (unpaired) electrons. The predicted octanol–water partition coefficient (Wildman–Crippen LogP) is 3.35. The number of rotatable bonds is 5. The van der Waals surface area contributed by atoms with Crippen molar-refractivity contribution >= 4 is 27.5 Å². The van der Waals surface area contributed by atoms with Crippen LogP contribution < -0.4 is 5.32 Å². The molecule has 1 atom stereocenters. The molecule has 90 valence electrons. The monoisotopic (exact) mass is 305 g/mol. The van der Waals surface area contributed by atoms with E-state index in [0.717, 1.165) is 21.5 Å². The first-order valence-corrected chi connectivity index (χ1v) is 6.49. The molecular formula is C12H17BrClNO. The maximum atomic E-state index is 9.81. The first kappa shape index (κ1) is 14.0. The fraction of sp³-hybridized carbons (Fsp3) is 0.500. The SMILES string of the molecule is CCC(C)(O)CNCc1ccc(Br)cc1Cl. The van der Waals surface area contributed by atoms with Gasteiger partial charge in [0, 0.05) is 22.6 Å². The molecule has 0 fully saturated rings. The van der Waals surface area contributed by atoms with Gasteiger partial charge in [-0.15, -0.1) is 0 Å². The van der Waals surface area contributed by atoms with Gasteiger partial charge in [-0.05, 0) is 31.0 Å². The van der Waals surface area contributed by atoms with Gasteiger partial charge in [-0.2, -0.15) is 0 Å². The molecule has 1 unspecified atom stereocenters. The lowest BCUT2D eigenvalue weighted by Crippen LogP contribution is -2.36. The quantitative estimate of drug-likeness (QED) is 0.874. The van der Waals surface area contributed by atoms with Crippen molar-refractivity contribution in [1.82, 2.24) is 5.32 Å². The average Bonchev–Trinajstić information content (AvgIpc) is 2.21. The van der Waals surface area contributed by atoms with Crippen LogP contribution in [-0.2, 0) is 6.54 Å². The Morgan fingerprint density at radius 2 is 2.19 bits per heavy atom. The highest BCUT2D eigenvalue weighted by atomic mass is 79.9. The van der Waals surface area contributed by atoms with E-state index >= 15 is 0 Å². The molecule has 0 aliphatic carbocycles. The summed E-state index contributed by atoms with van der Waals surface area (Å²) < 4.78 is 0.974. The van der Waals surface area contributed by atoms with Crippen LogP contribution in [0.2, 0.25) is 5.02 Å². The van der Waals surface area contributed by atoms with Crippen molar-refractivity contribution in [2.24, 2.45) is 0 Å². The molecule has 0 spiro atoms. The maximum Gasteiger partial charge on any atom is 0.0741 e. The summed E-state index contributed by atoms with van der Waals surface area (Å²) in [5.41, 5.74) is 0.388. The lowest BCUT2D eigenvalue weighted by atomic mass is 10.0. The van der Waals surface area contributed by atoms with Gasteiger partial charge in [0.25, 0.3) is 0 Å². The Morgan fingerprint density at radius 1 is 1.50 bits per heavy atom. The van der Waals surface area contributed by atoms with Gasteiger partial charge in [0.2, 0.25) is 0 Å². The first-order valence-electron chi connectivity index (χ1n) is 5.31. The van der Waals surface area contributed by atoms with Crippen molar-refractivity contribution in [3.8, 4) is 0 Å². The molecule has 0 saturated heterocycles. The second kappa shape index (κ2) is 6.01. The minimum Gasteiger partial charge on any atom is -0.389 e. The molecular weight excluding hydrogens is 289 g/mol. The summed E-state index contributed by atoms with van der Waals surface area (Å²) in [5, 5.41) is 13.7. The van der Waals surface area contributed by atoms with E-state index in [1.54, 1.807) is 0 Å². The van der Waals surface area contributed by atoms with Gasteiger partial charge in [-0.3, -0.25) is 0 Å². The van der Waals surface area contributed by atoms with Gasteiger partial charge in [-0.1, -0.05) is 40.5 Å². The maximum absolute atomic E-state index is 9.81. The molecule has 1 aromatic carbocycles. The van der Waals surface area contributed by atoms with Crippen LogP contribution in [0.4, 0.5) is 0 Å². The van der Waals surface area contributed by atoms with Crippen LogP contribution in [-0.4, -0.2) is 17.3 Å². The normalized spacial score (nSPS) is 14.8. The Morgan fingerprint density at radius 3 is 2.75 bits per heavy atom. The summed E-state index contributed by atoms with van der Waals surface area (Å²) in [7, 11) is 0. The van der Waals surface area contributed by atoms with Gasteiger partial charge in [-0.25, -0.2) is 0 Å². The van der Waals surface area contributed by atoms with E-state index in [1.165, 1.54) is 0 Å². The van der Waals surface area contributed by atoms with E-state index in [1.807, 2.05) is 32.0 Å². The Balaban J connectivity index is 2.49. The van der Waals surface area contributed by atoms with Crippen LogP contribution in [0.25, 0.3) is 0 Å². The number of aliphatic hydroxyl groups is 1. The zero-order chi connectivity index (χ0) is 12.2. The first-order chi connectivity index (χ1) is 7.44. The van der Waals surface area contributed by atoms with E-state index in [9.17, 15) is 5.11 Å². The van der Waals surface area contributed by atoms with Crippen LogP contribution in [0.1, 0.15) is 25.8 Å². The van der Waals surface area contributed by atoms with Crippen LogP contribution >= 0.6 is 27.5 Å². The van der Waals surface area contributed by atoms with Crippen LogP contribution in [0.5, 0.6) is 0 Å². The lowest BCUT2D eigenvalue weighted by molar-refractivity contribution is 0.0555. The lowest BCUT2D eigenvalue weighted by Gasteiger charge is -2.21. The van der Waals surface area contributed by atoms with Crippen molar-refractivity contribution < 1.29 is 5.11 Å². The number of hydrogen-bond donors (Lipinski definition) is 2. The molecule has 2 nitrogen and oxygen atoms in total. The standard InChI is InChI=1S/C12H17BrClNO/c1-3-12(2,16)8-15-7-9-4-5-10(13)6-11(9)14/h4-6,15-16H,3,7-8H2,1-2H3. The van der Waals surface area contributed by atoms with Crippen LogP contribution in [0.3, 0.4) is 0 Å². The zero-order valence-corrected chi connectivity index (χ0v) is 11.9. The molecule has 0 aliphatic heterocycles. The van der Waals surface area contributed by atoms with Gasteiger partial charge >= 0.3 is 0 Å². The average molecular weight is 307 g/mol. The Hall–Kier alpha value is -0.0900. The largest absolute Gasteiger partial charge is 0.389 e. The third-order valence-corrected chi connectivity index (χ3v) is 3.44. The highest BCUT2D eigenvalue weighted by Gasteiger charge is 2.16. The van der Waals surface area contributed by atoms with Crippen LogP contribution in [0, 0.1) is 0 Å². The molecule has 0 bridgehead atoms. The molecule has 2 N–H and O–H groups in total. The minimum absolute atomic E-state index is 0.565. The van der Waals surface area contributed by atoms with E-state index in [-0.39, 0.29) is 0 Å². The summed E-state index contributed by atoms with van der Waals surface area (Å²) in [5.74, 6) is 0. The topological polar surface area (TPSA) is 32.3 Å². The molecule has 0 amide bonds. The highest BCUT2D eigenvalue weighted by molar-refractivity contribution is 9.10. The number of benzene rings is 1. The minimum atomic E-state index is -0.651. The summed E-state index contributed by atoms with van der Waals surface area (Å²) in [6.07, 6.45) is 0.730. The second-order valence-electron chi connectivity index (χ2n) is 4.19. The Labute approximate surface area is 110 Å². The van der Waals surface area contributed by atoms with E-state index in [4.69, 9.17) is 11.6 Å². The summed E-state index contributed by atoms with van der Waals surface area (Å²) in [4.78, 5) is 0. The van der Waals surface area contributed by atoms with Crippen molar-refractivity contribution in [3.63, 3.8) is 0 Å². The van der Waals surface area contributed by atoms with Gasteiger partial charge < -0.3 is 10.4 Å². The molecule has 16 heavy (non-hydrogen) atoms. The van der Waals surface area contributed by atoms with E-state index < -0.39 is 5.60 Å². The summed E-state index contributed by atoms with van der Waals surface area (Å²) >= 11 is 9.44. The third kappa shape index (κ3) is 4.42. The number of nitrogens with one attached hydrogen (secondary N) is 1. The van der Waals surface area contributed by atoms with Crippen molar-refractivity contribution in [1.29, 1.82) is 0 Å². The molecule has 0 aliphatic rings. The second-order valence-corrected chi connectivity index (χ2v) is 5.51. The molecule has 0 saturated carbocycles. The third-order valence-electron chi connectivity index (χ3n) is 2.60. The van der Waals surface area contributed by atoms with Crippen molar-refractivity contribution in [2.45, 2.75) is 32.4 Å². The molecule has 4 heteroatoms. The van der Waals surface area contributed by atoms with Crippen molar-refractivity contribution in [3.05, 3.63) is 33.3 Å². The predicted molar refractivity (Wildman–Crippen MR) is 71.8 cm³/mol. The number of halogens is 2. The summed E-state index contributed by atoms with van der Waals surface area (Å²) in [6, 6.07) is 5.80. The molecule has 1 aromatic rings. The summed E-state index contributed by atoms with van der Waals surface area (Å²) in [6.45, 7) is 5.02. The van der Waals surface area contributed by atoms with Gasteiger partial charge in [0.15, 0.2) is 0 Å². The molecule has 0 heterocycles. The number of hydrogen-bond acceptors (Lipinski definition) is 2.